The standard InChI is InChI=1S/C21H16BrClN2O2/c22-13-4-6-15-17(11-13)25-21(20(15)19(27)3-1-2-8-26)18-10-12-9-14(23)5-7-16(12)24-18/h4-11,24-25H,1-3H2. The van der Waals surface area contributed by atoms with E-state index < -0.39 is 0 Å². The summed E-state index contributed by atoms with van der Waals surface area (Å²) in [6.07, 6.45) is 2.12. The number of H-pyrrole nitrogens is 2. The molecule has 0 aliphatic rings. The molecule has 2 heterocycles. The highest BCUT2D eigenvalue weighted by Gasteiger charge is 2.20. The van der Waals surface area contributed by atoms with E-state index in [0.29, 0.717) is 29.8 Å². The summed E-state index contributed by atoms with van der Waals surface area (Å²) in [7, 11) is 0. The van der Waals surface area contributed by atoms with Gasteiger partial charge in [-0.3, -0.25) is 4.79 Å². The average Bonchev–Trinajstić information content (AvgIpc) is 3.21. The van der Waals surface area contributed by atoms with E-state index in [0.717, 1.165) is 44.0 Å². The van der Waals surface area contributed by atoms with Crippen LogP contribution < -0.4 is 0 Å². The fourth-order valence-electron chi connectivity index (χ4n) is 3.37. The maximum absolute atomic E-state index is 13.0. The van der Waals surface area contributed by atoms with Gasteiger partial charge in [-0.05, 0) is 42.8 Å². The van der Waals surface area contributed by atoms with Gasteiger partial charge in [-0.1, -0.05) is 33.6 Å². The van der Waals surface area contributed by atoms with Crippen LogP contribution in [0.3, 0.4) is 0 Å². The SMILES string of the molecule is O=CCCCC(=O)c1c(-c2cc3cc(Cl)ccc3[nH]2)[nH]c2cc(Br)ccc12. The van der Waals surface area contributed by atoms with E-state index >= 15 is 0 Å². The Morgan fingerprint density at radius 2 is 1.93 bits per heavy atom. The largest absolute Gasteiger partial charge is 0.353 e. The zero-order chi connectivity index (χ0) is 19.0. The number of carbonyl (C=O) groups is 2. The Bertz CT molecular complexity index is 1180. The first-order valence-corrected chi connectivity index (χ1v) is 9.80. The minimum atomic E-state index is 0.0251. The molecular formula is C21H16BrClN2O2. The van der Waals surface area contributed by atoms with Gasteiger partial charge in [-0.2, -0.15) is 0 Å². The molecule has 0 saturated carbocycles. The molecule has 0 bridgehead atoms. The summed E-state index contributed by atoms with van der Waals surface area (Å²) in [5, 5.41) is 2.52. The van der Waals surface area contributed by atoms with Crippen molar-refractivity contribution in [3.8, 4) is 11.4 Å². The van der Waals surface area contributed by atoms with Gasteiger partial charge < -0.3 is 14.8 Å². The molecule has 0 aliphatic carbocycles. The van der Waals surface area contributed by atoms with Crippen molar-refractivity contribution in [3.05, 3.63) is 57.5 Å². The van der Waals surface area contributed by atoms with Gasteiger partial charge in [0, 0.05) is 44.1 Å². The highest BCUT2D eigenvalue weighted by Crippen LogP contribution is 2.34. The number of unbranched alkanes of at least 4 members (excludes halogenated alkanes) is 1. The third kappa shape index (κ3) is 3.45. The number of hydrogen-bond donors (Lipinski definition) is 2. The first-order chi connectivity index (χ1) is 13.1. The van der Waals surface area contributed by atoms with Crippen LogP contribution in [0.15, 0.2) is 46.9 Å². The molecule has 4 aromatic rings. The number of nitrogens with one attached hydrogen (secondary N) is 2. The van der Waals surface area contributed by atoms with Crippen LogP contribution in [0, 0.1) is 0 Å². The highest BCUT2D eigenvalue weighted by molar-refractivity contribution is 9.10. The second-order valence-corrected chi connectivity index (χ2v) is 7.81. The Hall–Kier alpha value is -2.37. The first-order valence-electron chi connectivity index (χ1n) is 8.63. The van der Waals surface area contributed by atoms with Gasteiger partial charge in [0.15, 0.2) is 5.78 Å². The Labute approximate surface area is 169 Å². The Morgan fingerprint density at radius 1 is 1.07 bits per heavy atom. The molecule has 0 saturated heterocycles. The number of hydrogen-bond acceptors (Lipinski definition) is 2. The molecule has 0 atom stereocenters. The quantitative estimate of drug-likeness (QED) is 0.209. The van der Waals surface area contributed by atoms with Gasteiger partial charge in [0.25, 0.3) is 0 Å². The lowest BCUT2D eigenvalue weighted by Crippen LogP contribution is -2.01. The monoisotopic (exact) mass is 442 g/mol. The molecule has 0 radical (unpaired) electrons. The van der Waals surface area contributed by atoms with Crippen LogP contribution in [0.2, 0.25) is 5.02 Å². The first kappa shape index (κ1) is 18.0. The third-order valence-corrected chi connectivity index (χ3v) is 5.35. The Balaban J connectivity index is 1.88. The second kappa shape index (κ2) is 7.33. The molecule has 27 heavy (non-hydrogen) atoms. The van der Waals surface area contributed by atoms with E-state index in [9.17, 15) is 9.59 Å². The molecule has 0 fully saturated rings. The normalized spacial score (nSPS) is 11.3. The van der Waals surface area contributed by atoms with E-state index in [2.05, 4.69) is 25.9 Å². The van der Waals surface area contributed by atoms with E-state index in [1.165, 1.54) is 0 Å². The number of fused-ring (bicyclic) bond motifs is 2. The molecule has 2 aromatic carbocycles. The van der Waals surface area contributed by atoms with Gasteiger partial charge >= 0.3 is 0 Å². The lowest BCUT2D eigenvalue weighted by Gasteiger charge is -2.02. The zero-order valence-electron chi connectivity index (χ0n) is 14.3. The lowest BCUT2D eigenvalue weighted by atomic mass is 10.0. The molecule has 0 unspecified atom stereocenters. The number of rotatable bonds is 6. The highest BCUT2D eigenvalue weighted by atomic mass is 79.9. The van der Waals surface area contributed by atoms with Crippen LogP contribution >= 0.6 is 27.5 Å². The molecule has 0 spiro atoms. The fraction of sp³-hybridized carbons (Fsp3) is 0.143. The predicted octanol–water partition coefficient (Wildman–Crippen LogP) is 6.28. The number of halogens is 2. The molecule has 0 aliphatic heterocycles. The van der Waals surface area contributed by atoms with Crippen molar-refractivity contribution in [1.82, 2.24) is 9.97 Å². The number of carbonyl (C=O) groups excluding carboxylic acids is 2. The van der Waals surface area contributed by atoms with Crippen LogP contribution in [0.25, 0.3) is 33.2 Å². The maximum Gasteiger partial charge on any atom is 0.165 e. The number of benzene rings is 2. The summed E-state index contributed by atoms with van der Waals surface area (Å²) in [5.41, 5.74) is 4.08. The molecule has 0 amide bonds. The Kier molecular flexibility index (Phi) is 4.89. The average molecular weight is 444 g/mol. The molecule has 4 rings (SSSR count). The number of aromatic nitrogens is 2. The van der Waals surface area contributed by atoms with Crippen molar-refractivity contribution in [2.45, 2.75) is 19.3 Å². The minimum absolute atomic E-state index is 0.0251. The molecule has 6 heteroatoms. The Morgan fingerprint density at radius 3 is 2.74 bits per heavy atom. The fourth-order valence-corrected chi connectivity index (χ4v) is 3.91. The second-order valence-electron chi connectivity index (χ2n) is 6.46. The summed E-state index contributed by atoms with van der Waals surface area (Å²) in [6.45, 7) is 0. The summed E-state index contributed by atoms with van der Waals surface area (Å²) in [5.74, 6) is 0.0251. The van der Waals surface area contributed by atoms with Crippen molar-refractivity contribution < 1.29 is 9.59 Å². The van der Waals surface area contributed by atoms with Crippen molar-refractivity contribution in [2.24, 2.45) is 0 Å². The predicted molar refractivity (Wildman–Crippen MR) is 113 cm³/mol. The van der Waals surface area contributed by atoms with E-state index in [1.54, 1.807) is 0 Å². The van der Waals surface area contributed by atoms with Crippen molar-refractivity contribution in [1.29, 1.82) is 0 Å². The third-order valence-electron chi connectivity index (χ3n) is 4.62. The number of ketones is 1. The van der Waals surface area contributed by atoms with E-state index in [4.69, 9.17) is 11.6 Å². The summed E-state index contributed by atoms with van der Waals surface area (Å²) in [6, 6.07) is 13.5. The van der Waals surface area contributed by atoms with Crippen molar-refractivity contribution in [3.63, 3.8) is 0 Å². The van der Waals surface area contributed by atoms with Crippen LogP contribution in [-0.4, -0.2) is 22.0 Å². The summed E-state index contributed by atoms with van der Waals surface area (Å²) >= 11 is 9.58. The molecular weight excluding hydrogens is 428 g/mol. The van der Waals surface area contributed by atoms with Crippen molar-refractivity contribution in [2.75, 3.05) is 0 Å². The molecule has 136 valence electrons. The molecule has 2 aromatic heterocycles. The van der Waals surface area contributed by atoms with Gasteiger partial charge in [0.2, 0.25) is 0 Å². The van der Waals surface area contributed by atoms with Crippen LogP contribution in [0.1, 0.15) is 29.6 Å². The number of aromatic amines is 2. The van der Waals surface area contributed by atoms with Gasteiger partial charge in [0.05, 0.1) is 17.0 Å². The zero-order valence-corrected chi connectivity index (χ0v) is 16.7. The molecule has 2 N–H and O–H groups in total. The summed E-state index contributed by atoms with van der Waals surface area (Å²) in [4.78, 5) is 30.3. The minimum Gasteiger partial charge on any atom is -0.353 e. The van der Waals surface area contributed by atoms with E-state index in [-0.39, 0.29) is 5.78 Å². The smallest absolute Gasteiger partial charge is 0.165 e. The molecule has 4 nitrogen and oxygen atoms in total. The van der Waals surface area contributed by atoms with E-state index in [1.807, 2.05) is 42.5 Å². The van der Waals surface area contributed by atoms with Crippen molar-refractivity contribution >= 4 is 61.4 Å². The van der Waals surface area contributed by atoms with Gasteiger partial charge in [-0.25, -0.2) is 0 Å². The van der Waals surface area contributed by atoms with Crippen LogP contribution in [-0.2, 0) is 4.79 Å². The van der Waals surface area contributed by atoms with Gasteiger partial charge in [0.1, 0.15) is 6.29 Å². The summed E-state index contributed by atoms with van der Waals surface area (Å²) < 4.78 is 0.936. The maximum atomic E-state index is 13.0. The number of Topliss-reactive ketones (excluding diaryl/α,β-unsaturated/α-hetero) is 1. The van der Waals surface area contributed by atoms with Gasteiger partial charge in [-0.15, -0.1) is 0 Å². The lowest BCUT2D eigenvalue weighted by molar-refractivity contribution is -0.107. The van der Waals surface area contributed by atoms with Crippen LogP contribution in [0.4, 0.5) is 0 Å². The van der Waals surface area contributed by atoms with Crippen LogP contribution in [0.5, 0.6) is 0 Å². The topological polar surface area (TPSA) is 65.7 Å². The number of aldehydes is 1.